The fraction of sp³-hybridized carbons (Fsp3) is 0. The van der Waals surface area contributed by atoms with Gasteiger partial charge in [-0.25, -0.2) is 0 Å². The van der Waals surface area contributed by atoms with E-state index in [0.29, 0.717) is 0 Å². The first-order valence-corrected chi connectivity index (χ1v) is 12.7. The van der Waals surface area contributed by atoms with Crippen LogP contribution in [0.5, 0.6) is 0 Å². The van der Waals surface area contributed by atoms with Gasteiger partial charge in [-0.3, -0.25) is 0 Å². The normalized spacial score (nSPS) is 11.6. The van der Waals surface area contributed by atoms with Crippen molar-refractivity contribution in [3.05, 3.63) is 132 Å². The van der Waals surface area contributed by atoms with Crippen molar-refractivity contribution in [2.24, 2.45) is 0 Å². The molecular weight excluding hydrogens is 488 g/mol. The highest BCUT2D eigenvalue weighted by Gasteiger charge is 2.15. The maximum absolute atomic E-state index is 3.78. The van der Waals surface area contributed by atoms with Crippen LogP contribution >= 0.6 is 15.9 Å². The van der Waals surface area contributed by atoms with Crippen molar-refractivity contribution < 1.29 is 0 Å². The summed E-state index contributed by atoms with van der Waals surface area (Å²) >= 11 is 3.78. The Labute approximate surface area is 212 Å². The molecule has 0 amide bonds. The molecule has 0 spiro atoms. The Balaban J connectivity index is 1.55. The Morgan fingerprint density at radius 2 is 0.857 bits per heavy atom. The summed E-state index contributed by atoms with van der Waals surface area (Å²) in [5.74, 6) is 0. The predicted molar refractivity (Wildman–Crippen MR) is 154 cm³/mol. The molecule has 0 radical (unpaired) electrons. The summed E-state index contributed by atoms with van der Waals surface area (Å²) in [4.78, 5) is 0. The summed E-state index contributed by atoms with van der Waals surface area (Å²) in [5, 5.41) is 7.79. The highest BCUT2D eigenvalue weighted by molar-refractivity contribution is 9.10. The van der Waals surface area contributed by atoms with E-state index in [0.717, 1.165) is 4.47 Å². The minimum absolute atomic E-state index is 1.14. The molecule has 0 N–H and O–H groups in total. The van der Waals surface area contributed by atoms with Crippen LogP contribution in [0.1, 0.15) is 0 Å². The molecule has 0 aliphatic carbocycles. The zero-order valence-corrected chi connectivity index (χ0v) is 20.6. The van der Waals surface area contributed by atoms with E-state index >= 15 is 0 Å². The molecule has 0 nitrogen and oxygen atoms in total. The van der Waals surface area contributed by atoms with Gasteiger partial charge in [0.25, 0.3) is 0 Å². The molecule has 0 saturated heterocycles. The fourth-order valence-electron chi connectivity index (χ4n) is 5.39. The van der Waals surface area contributed by atoms with E-state index < -0.39 is 0 Å². The van der Waals surface area contributed by atoms with Gasteiger partial charge in [0.2, 0.25) is 0 Å². The number of benzene rings is 7. The quantitative estimate of drug-likeness (QED) is 0.208. The van der Waals surface area contributed by atoms with Crippen molar-refractivity contribution in [3.8, 4) is 33.4 Å². The summed E-state index contributed by atoms with van der Waals surface area (Å²) in [7, 11) is 0. The van der Waals surface area contributed by atoms with Gasteiger partial charge in [-0.05, 0) is 90.0 Å². The second-order valence-electron chi connectivity index (χ2n) is 9.11. The van der Waals surface area contributed by atoms with Gasteiger partial charge in [0.15, 0.2) is 0 Å². The molecule has 0 unspecified atom stereocenters. The molecule has 0 atom stereocenters. The molecule has 0 aliphatic heterocycles. The lowest BCUT2D eigenvalue weighted by atomic mass is 9.88. The van der Waals surface area contributed by atoms with Crippen LogP contribution in [-0.2, 0) is 0 Å². The third-order valence-corrected chi connectivity index (χ3v) is 7.76. The molecule has 164 valence electrons. The highest BCUT2D eigenvalue weighted by Crippen LogP contribution is 2.42. The number of halogens is 1. The minimum atomic E-state index is 1.14. The van der Waals surface area contributed by atoms with Crippen LogP contribution in [0.2, 0.25) is 0 Å². The lowest BCUT2D eigenvalue weighted by Gasteiger charge is -2.16. The Morgan fingerprint density at radius 3 is 1.49 bits per heavy atom. The van der Waals surface area contributed by atoms with E-state index in [1.807, 2.05) is 0 Å². The zero-order chi connectivity index (χ0) is 23.4. The molecule has 0 fully saturated rings. The Morgan fingerprint density at radius 1 is 0.371 bits per heavy atom. The Bertz CT molecular complexity index is 1770. The highest BCUT2D eigenvalue weighted by atomic mass is 79.9. The molecule has 35 heavy (non-hydrogen) atoms. The van der Waals surface area contributed by atoms with Crippen molar-refractivity contribution >= 4 is 48.2 Å². The topological polar surface area (TPSA) is 0 Å². The first kappa shape index (κ1) is 20.4. The maximum atomic E-state index is 3.78. The SMILES string of the molecule is Brc1ccc2ccc3c(-c4cc(-c5ccccc5)cc(-c5ccccc5)c4)ccc4ccc1c2c43. The monoisotopic (exact) mass is 508 g/mol. The average Bonchev–Trinajstić information content (AvgIpc) is 2.93. The van der Waals surface area contributed by atoms with E-state index in [2.05, 4.69) is 143 Å². The summed E-state index contributed by atoms with van der Waals surface area (Å²) in [6, 6.07) is 46.3. The average molecular weight is 509 g/mol. The van der Waals surface area contributed by atoms with E-state index in [4.69, 9.17) is 0 Å². The molecule has 7 aromatic rings. The van der Waals surface area contributed by atoms with E-state index in [1.54, 1.807) is 0 Å². The van der Waals surface area contributed by atoms with Crippen molar-refractivity contribution in [2.45, 2.75) is 0 Å². The number of hydrogen-bond acceptors (Lipinski definition) is 0. The zero-order valence-electron chi connectivity index (χ0n) is 19.0. The third-order valence-electron chi connectivity index (χ3n) is 7.07. The molecular formula is C34H21Br. The second-order valence-corrected chi connectivity index (χ2v) is 9.97. The van der Waals surface area contributed by atoms with Gasteiger partial charge in [-0.2, -0.15) is 0 Å². The smallest absolute Gasteiger partial charge is 0.0254 e. The Kier molecular flexibility index (Phi) is 4.72. The van der Waals surface area contributed by atoms with Gasteiger partial charge < -0.3 is 0 Å². The lowest BCUT2D eigenvalue weighted by molar-refractivity contribution is 1.58. The summed E-state index contributed by atoms with van der Waals surface area (Å²) in [6.07, 6.45) is 0. The van der Waals surface area contributed by atoms with Crippen molar-refractivity contribution in [3.63, 3.8) is 0 Å². The van der Waals surface area contributed by atoms with Gasteiger partial charge >= 0.3 is 0 Å². The number of rotatable bonds is 3. The molecule has 0 aromatic heterocycles. The van der Waals surface area contributed by atoms with Crippen LogP contribution in [-0.4, -0.2) is 0 Å². The lowest BCUT2D eigenvalue weighted by Crippen LogP contribution is -1.90. The maximum Gasteiger partial charge on any atom is 0.0254 e. The molecule has 0 heterocycles. The fourth-order valence-corrected chi connectivity index (χ4v) is 5.86. The van der Waals surface area contributed by atoms with E-state index in [1.165, 1.54) is 65.7 Å². The van der Waals surface area contributed by atoms with Crippen molar-refractivity contribution in [1.29, 1.82) is 0 Å². The van der Waals surface area contributed by atoms with Crippen molar-refractivity contribution in [1.82, 2.24) is 0 Å². The molecule has 0 aliphatic rings. The van der Waals surface area contributed by atoms with Gasteiger partial charge in [0.05, 0.1) is 0 Å². The molecule has 7 rings (SSSR count). The van der Waals surface area contributed by atoms with Crippen LogP contribution in [0.25, 0.3) is 65.7 Å². The van der Waals surface area contributed by atoms with Gasteiger partial charge in [-0.15, -0.1) is 0 Å². The first-order valence-electron chi connectivity index (χ1n) is 11.9. The molecule has 0 bridgehead atoms. The minimum Gasteiger partial charge on any atom is -0.0622 e. The number of hydrogen-bond donors (Lipinski definition) is 0. The molecule has 0 saturated carbocycles. The van der Waals surface area contributed by atoms with Gasteiger partial charge in [0, 0.05) is 4.47 Å². The third kappa shape index (κ3) is 3.35. The predicted octanol–water partition coefficient (Wildman–Crippen LogP) is 10.3. The molecule has 1 heteroatoms. The standard InChI is InChI=1S/C34H21Br/c35-32-18-14-25-12-16-30-29(15-11-24-13-17-31(32)34(25)33(24)30)28-20-26(22-7-3-1-4-8-22)19-27(21-28)23-9-5-2-6-10-23/h1-21H. The van der Waals surface area contributed by atoms with Crippen LogP contribution < -0.4 is 0 Å². The van der Waals surface area contributed by atoms with Gasteiger partial charge in [0.1, 0.15) is 0 Å². The second kappa shape index (κ2) is 8.08. The van der Waals surface area contributed by atoms with E-state index in [9.17, 15) is 0 Å². The van der Waals surface area contributed by atoms with E-state index in [-0.39, 0.29) is 0 Å². The summed E-state index contributed by atoms with van der Waals surface area (Å²) in [5.41, 5.74) is 7.43. The van der Waals surface area contributed by atoms with Crippen molar-refractivity contribution in [2.75, 3.05) is 0 Å². The largest absolute Gasteiger partial charge is 0.0622 e. The molecule has 7 aromatic carbocycles. The van der Waals surface area contributed by atoms with Gasteiger partial charge in [-0.1, -0.05) is 119 Å². The summed E-state index contributed by atoms with van der Waals surface area (Å²) in [6.45, 7) is 0. The van der Waals surface area contributed by atoms with Crippen LogP contribution in [0, 0.1) is 0 Å². The van der Waals surface area contributed by atoms with Crippen LogP contribution in [0.4, 0.5) is 0 Å². The summed E-state index contributed by atoms with van der Waals surface area (Å²) < 4.78 is 1.14. The Hall–Kier alpha value is -3.94. The van der Waals surface area contributed by atoms with Crippen LogP contribution in [0.3, 0.4) is 0 Å². The first-order chi connectivity index (χ1) is 17.3. The van der Waals surface area contributed by atoms with Crippen LogP contribution in [0.15, 0.2) is 132 Å².